The fourth-order valence-corrected chi connectivity index (χ4v) is 3.11. The molecule has 0 saturated carbocycles. The Morgan fingerprint density at radius 3 is 2.78 bits per heavy atom. The van der Waals surface area contributed by atoms with Gasteiger partial charge in [0, 0.05) is 18.0 Å². The fourth-order valence-electron chi connectivity index (χ4n) is 3.11. The minimum atomic E-state index is -0.297. The molecule has 1 unspecified atom stereocenters. The quantitative estimate of drug-likeness (QED) is 0.652. The van der Waals surface area contributed by atoms with Gasteiger partial charge in [0.25, 0.3) is 5.69 Å². The van der Waals surface area contributed by atoms with Crippen LogP contribution in [0.5, 0.6) is 0 Å². The highest BCUT2D eigenvalue weighted by Crippen LogP contribution is 2.48. The average molecular weight is 248 g/mol. The van der Waals surface area contributed by atoms with Gasteiger partial charge in [-0.25, -0.2) is 0 Å². The van der Waals surface area contributed by atoms with Gasteiger partial charge in [-0.1, -0.05) is 39.3 Å². The summed E-state index contributed by atoms with van der Waals surface area (Å²) in [5.41, 5.74) is 2.08. The van der Waals surface area contributed by atoms with E-state index in [1.807, 2.05) is 6.07 Å². The number of nitrogens with zero attached hydrogens (tertiary/aromatic N) is 1. The number of benzene rings is 1. The van der Waals surface area contributed by atoms with Crippen molar-refractivity contribution in [1.82, 2.24) is 0 Å². The number of fused-ring (bicyclic) bond motifs is 1. The van der Waals surface area contributed by atoms with E-state index in [1.165, 1.54) is 0 Å². The molecule has 1 aromatic rings. The molecule has 1 aliphatic rings. The van der Waals surface area contributed by atoms with Crippen molar-refractivity contribution in [3.05, 3.63) is 33.9 Å². The molecular weight excluding hydrogens is 228 g/mol. The molecule has 0 spiro atoms. The monoisotopic (exact) mass is 248 g/mol. The first-order valence-electron chi connectivity index (χ1n) is 6.54. The van der Waals surface area contributed by atoms with Crippen LogP contribution in [0.4, 0.5) is 11.4 Å². The highest BCUT2D eigenvalue weighted by atomic mass is 16.6. The lowest BCUT2D eigenvalue weighted by molar-refractivity contribution is -0.383. The molecule has 0 fully saturated rings. The second kappa shape index (κ2) is 4.59. The summed E-state index contributed by atoms with van der Waals surface area (Å²) in [6.45, 7) is 7.37. The van der Waals surface area contributed by atoms with Gasteiger partial charge in [-0.15, -0.1) is 0 Å². The van der Waals surface area contributed by atoms with Crippen molar-refractivity contribution in [3.63, 3.8) is 0 Å². The first kappa shape index (κ1) is 12.9. The Hall–Kier alpha value is -1.58. The number of hydrogen-bond donors (Lipinski definition) is 1. The third-order valence-corrected chi connectivity index (χ3v) is 4.16. The van der Waals surface area contributed by atoms with Crippen LogP contribution in [0.3, 0.4) is 0 Å². The van der Waals surface area contributed by atoms with Gasteiger partial charge in [0.1, 0.15) is 5.69 Å². The van der Waals surface area contributed by atoms with E-state index in [4.69, 9.17) is 0 Å². The van der Waals surface area contributed by atoms with E-state index in [2.05, 4.69) is 26.1 Å². The van der Waals surface area contributed by atoms with E-state index in [-0.39, 0.29) is 16.0 Å². The summed E-state index contributed by atoms with van der Waals surface area (Å²) >= 11 is 0. The number of rotatable bonds is 4. The van der Waals surface area contributed by atoms with E-state index >= 15 is 0 Å². The normalized spacial score (nSPS) is 21.8. The van der Waals surface area contributed by atoms with Gasteiger partial charge >= 0.3 is 0 Å². The lowest BCUT2D eigenvalue weighted by Gasteiger charge is -2.33. The maximum Gasteiger partial charge on any atom is 0.292 e. The fraction of sp³-hybridized carbons (Fsp3) is 0.571. The molecule has 4 heteroatoms. The first-order chi connectivity index (χ1) is 8.53. The molecule has 2 rings (SSSR count). The van der Waals surface area contributed by atoms with Gasteiger partial charge in [-0.2, -0.15) is 0 Å². The number of nitrogens with one attached hydrogen (secondary N) is 1. The first-order valence-corrected chi connectivity index (χ1v) is 6.54. The topological polar surface area (TPSA) is 55.2 Å². The van der Waals surface area contributed by atoms with E-state index in [0.29, 0.717) is 5.92 Å². The van der Waals surface area contributed by atoms with Crippen molar-refractivity contribution in [3.8, 4) is 0 Å². The largest absolute Gasteiger partial charge is 0.378 e. The third kappa shape index (κ3) is 1.76. The van der Waals surface area contributed by atoms with Gasteiger partial charge in [0.2, 0.25) is 0 Å². The molecule has 0 amide bonds. The number of nitro groups is 1. The van der Waals surface area contributed by atoms with Gasteiger partial charge in [-0.05, 0) is 17.9 Å². The van der Waals surface area contributed by atoms with E-state index in [0.717, 1.165) is 30.6 Å². The van der Waals surface area contributed by atoms with Crippen LogP contribution in [0.1, 0.15) is 39.2 Å². The Kier molecular flexibility index (Phi) is 3.28. The number of anilines is 1. The minimum Gasteiger partial charge on any atom is -0.378 e. The van der Waals surface area contributed by atoms with Crippen LogP contribution in [0, 0.1) is 16.0 Å². The van der Waals surface area contributed by atoms with Crippen LogP contribution in [-0.2, 0) is 5.41 Å². The predicted octanol–water partition coefficient (Wildman–Crippen LogP) is 3.71. The van der Waals surface area contributed by atoms with Gasteiger partial charge in [0.15, 0.2) is 0 Å². The van der Waals surface area contributed by atoms with Crippen LogP contribution in [0.25, 0.3) is 0 Å². The van der Waals surface area contributed by atoms with Gasteiger partial charge in [-0.3, -0.25) is 10.1 Å². The van der Waals surface area contributed by atoms with Crippen molar-refractivity contribution in [1.29, 1.82) is 0 Å². The second-order valence-corrected chi connectivity index (χ2v) is 5.37. The van der Waals surface area contributed by atoms with E-state index < -0.39 is 0 Å². The van der Waals surface area contributed by atoms with Crippen LogP contribution >= 0.6 is 0 Å². The molecule has 0 bridgehead atoms. The lowest BCUT2D eigenvalue weighted by atomic mass is 9.70. The zero-order valence-corrected chi connectivity index (χ0v) is 11.2. The third-order valence-electron chi connectivity index (χ3n) is 4.16. The molecule has 18 heavy (non-hydrogen) atoms. The van der Waals surface area contributed by atoms with E-state index in [9.17, 15) is 10.1 Å². The number of hydrogen-bond acceptors (Lipinski definition) is 3. The zero-order chi connectivity index (χ0) is 13.3. The maximum atomic E-state index is 11.1. The van der Waals surface area contributed by atoms with Crippen molar-refractivity contribution in [2.24, 2.45) is 5.92 Å². The highest BCUT2D eigenvalue weighted by Gasteiger charge is 2.43. The molecule has 1 heterocycles. The highest BCUT2D eigenvalue weighted by molar-refractivity contribution is 5.72. The Labute approximate surface area is 108 Å². The van der Waals surface area contributed by atoms with Crippen LogP contribution in [-0.4, -0.2) is 11.5 Å². The van der Waals surface area contributed by atoms with Crippen LogP contribution in [0.2, 0.25) is 0 Å². The number of nitro benzene ring substituents is 1. The molecule has 0 radical (unpaired) electrons. The number of para-hydroxylation sites is 1. The second-order valence-electron chi connectivity index (χ2n) is 5.37. The van der Waals surface area contributed by atoms with Gasteiger partial charge < -0.3 is 5.32 Å². The molecule has 4 nitrogen and oxygen atoms in total. The van der Waals surface area contributed by atoms with E-state index in [1.54, 1.807) is 12.1 Å². The maximum absolute atomic E-state index is 11.1. The van der Waals surface area contributed by atoms with Crippen LogP contribution in [0.15, 0.2) is 18.2 Å². The minimum absolute atomic E-state index is 0.0378. The average Bonchev–Trinajstić information content (AvgIpc) is 2.70. The lowest BCUT2D eigenvalue weighted by Crippen LogP contribution is -2.34. The molecular formula is C14H20N2O2. The standard InChI is InChI=1S/C14H20N2O2/c1-4-8-14(10(2)3)9-15-13-11(14)6-5-7-12(13)16(17)18/h5-7,10,15H,4,8-9H2,1-3H3. The van der Waals surface area contributed by atoms with Crippen molar-refractivity contribution < 1.29 is 4.92 Å². The Morgan fingerprint density at radius 2 is 2.22 bits per heavy atom. The molecule has 1 N–H and O–H groups in total. The summed E-state index contributed by atoms with van der Waals surface area (Å²) in [5, 5.41) is 14.3. The van der Waals surface area contributed by atoms with Crippen molar-refractivity contribution >= 4 is 11.4 Å². The molecule has 1 aromatic carbocycles. The Morgan fingerprint density at radius 1 is 1.50 bits per heavy atom. The smallest absolute Gasteiger partial charge is 0.292 e. The van der Waals surface area contributed by atoms with Crippen LogP contribution < -0.4 is 5.32 Å². The summed E-state index contributed by atoms with van der Waals surface area (Å²) in [6.07, 6.45) is 2.15. The summed E-state index contributed by atoms with van der Waals surface area (Å²) in [5.74, 6) is 0.466. The Bertz CT molecular complexity index is 471. The summed E-state index contributed by atoms with van der Waals surface area (Å²) in [6, 6.07) is 5.42. The molecule has 1 atom stereocenters. The molecule has 0 aliphatic carbocycles. The molecule has 0 saturated heterocycles. The van der Waals surface area contributed by atoms with Gasteiger partial charge in [0.05, 0.1) is 4.92 Å². The summed E-state index contributed by atoms with van der Waals surface area (Å²) in [7, 11) is 0. The van der Waals surface area contributed by atoms with Crippen molar-refractivity contribution in [2.75, 3.05) is 11.9 Å². The predicted molar refractivity (Wildman–Crippen MR) is 73.0 cm³/mol. The zero-order valence-electron chi connectivity index (χ0n) is 11.2. The molecule has 98 valence electrons. The van der Waals surface area contributed by atoms with Crippen molar-refractivity contribution in [2.45, 2.75) is 39.0 Å². The molecule has 1 aliphatic heterocycles. The SMILES string of the molecule is CCCC1(C(C)C)CNc2c([N+](=O)[O-])cccc21. The Balaban J connectivity index is 2.56. The summed E-state index contributed by atoms with van der Waals surface area (Å²) in [4.78, 5) is 10.8. The molecule has 0 aromatic heterocycles. The summed E-state index contributed by atoms with van der Waals surface area (Å²) < 4.78 is 0.